The fourth-order valence-electron chi connectivity index (χ4n) is 1.70. The number of hydrogen-bond acceptors (Lipinski definition) is 2. The maximum Gasteiger partial charge on any atom is 0.106 e. The normalized spacial score (nSPS) is 17.4. The number of nitrogens with zero attached hydrogens (tertiary/aromatic N) is 1. The number of H-pyrrole nitrogens is 1. The Hall–Kier alpha value is -0.830. The first-order valence-electron chi connectivity index (χ1n) is 5.04. The van der Waals surface area contributed by atoms with Crippen molar-refractivity contribution in [1.82, 2.24) is 15.3 Å². The van der Waals surface area contributed by atoms with E-state index in [0.717, 1.165) is 37.7 Å². The van der Waals surface area contributed by atoms with Crippen LogP contribution in [0.5, 0.6) is 0 Å². The lowest BCUT2D eigenvalue weighted by Gasteiger charge is -2.26. The Kier molecular flexibility index (Phi) is 2.36. The van der Waals surface area contributed by atoms with Crippen LogP contribution in [0, 0.1) is 12.8 Å². The zero-order valence-electron chi connectivity index (χ0n) is 8.35. The van der Waals surface area contributed by atoms with E-state index in [0.29, 0.717) is 0 Å². The molecule has 2 N–H and O–H groups in total. The summed E-state index contributed by atoms with van der Waals surface area (Å²) in [5, 5.41) is 3.28. The molecule has 1 aromatic heterocycles. The molecule has 2 heterocycles. The molecule has 2 rings (SSSR count). The van der Waals surface area contributed by atoms with Crippen molar-refractivity contribution in [2.75, 3.05) is 13.1 Å². The summed E-state index contributed by atoms with van der Waals surface area (Å²) in [6, 6.07) is 0. The Morgan fingerprint density at radius 1 is 1.46 bits per heavy atom. The summed E-state index contributed by atoms with van der Waals surface area (Å²) in [5.41, 5.74) is 2.52. The van der Waals surface area contributed by atoms with Crippen molar-refractivity contribution in [3.05, 3.63) is 17.2 Å². The van der Waals surface area contributed by atoms with E-state index in [4.69, 9.17) is 0 Å². The van der Waals surface area contributed by atoms with Crippen LogP contribution >= 0.6 is 0 Å². The summed E-state index contributed by atoms with van der Waals surface area (Å²) in [4.78, 5) is 7.88. The summed E-state index contributed by atoms with van der Waals surface area (Å²) in [6.45, 7) is 6.57. The van der Waals surface area contributed by atoms with Crippen molar-refractivity contribution < 1.29 is 0 Å². The van der Waals surface area contributed by atoms with Gasteiger partial charge in [0, 0.05) is 12.1 Å². The fraction of sp³-hybridized carbons (Fsp3) is 0.700. The molecule has 0 atom stereocenters. The molecule has 1 fully saturated rings. The molecule has 0 bridgehead atoms. The van der Waals surface area contributed by atoms with Gasteiger partial charge < -0.3 is 10.3 Å². The second kappa shape index (κ2) is 3.50. The van der Waals surface area contributed by atoms with Gasteiger partial charge in [-0.25, -0.2) is 4.98 Å². The summed E-state index contributed by atoms with van der Waals surface area (Å²) in [6.07, 6.45) is 2.14. The van der Waals surface area contributed by atoms with Crippen LogP contribution in [0.1, 0.15) is 24.1 Å². The van der Waals surface area contributed by atoms with E-state index < -0.39 is 0 Å². The Labute approximate surface area is 79.0 Å². The number of imidazole rings is 1. The van der Waals surface area contributed by atoms with Crippen molar-refractivity contribution >= 4 is 0 Å². The van der Waals surface area contributed by atoms with Crippen LogP contribution in [-0.2, 0) is 12.8 Å². The molecule has 0 unspecified atom stereocenters. The van der Waals surface area contributed by atoms with Gasteiger partial charge in [0.1, 0.15) is 5.82 Å². The van der Waals surface area contributed by atoms with Gasteiger partial charge in [-0.05, 0) is 32.4 Å². The van der Waals surface area contributed by atoms with Crippen LogP contribution in [-0.4, -0.2) is 23.1 Å². The van der Waals surface area contributed by atoms with Gasteiger partial charge >= 0.3 is 0 Å². The molecule has 72 valence electrons. The molecule has 0 radical (unpaired) electrons. The van der Waals surface area contributed by atoms with Gasteiger partial charge in [0.2, 0.25) is 0 Å². The second-order valence-corrected chi connectivity index (χ2v) is 3.84. The Balaban J connectivity index is 2.05. The fourth-order valence-corrected chi connectivity index (χ4v) is 1.70. The smallest absolute Gasteiger partial charge is 0.106 e. The highest BCUT2D eigenvalue weighted by atomic mass is 15.0. The van der Waals surface area contributed by atoms with Crippen LogP contribution < -0.4 is 5.32 Å². The highest BCUT2D eigenvalue weighted by Gasteiger charge is 2.19. The summed E-state index contributed by atoms with van der Waals surface area (Å²) in [5.74, 6) is 1.94. The number of rotatable bonds is 3. The highest BCUT2D eigenvalue weighted by Crippen LogP contribution is 2.14. The molecular weight excluding hydrogens is 162 g/mol. The van der Waals surface area contributed by atoms with Gasteiger partial charge in [0.05, 0.1) is 5.69 Å². The van der Waals surface area contributed by atoms with E-state index in [2.05, 4.69) is 29.1 Å². The van der Waals surface area contributed by atoms with E-state index >= 15 is 0 Å². The van der Waals surface area contributed by atoms with E-state index in [-0.39, 0.29) is 0 Å². The molecule has 0 spiro atoms. The molecule has 3 nitrogen and oxygen atoms in total. The SMILES string of the molecule is CCc1nc(CC2CNC2)c(C)[nH]1. The molecule has 0 aliphatic carbocycles. The minimum atomic E-state index is 0.812. The Bertz CT molecular complexity index is 286. The van der Waals surface area contributed by atoms with Crippen molar-refractivity contribution in [2.24, 2.45) is 5.92 Å². The number of aryl methyl sites for hydroxylation is 2. The maximum atomic E-state index is 4.57. The van der Waals surface area contributed by atoms with Gasteiger partial charge in [-0.1, -0.05) is 6.92 Å². The number of nitrogens with one attached hydrogen (secondary N) is 2. The van der Waals surface area contributed by atoms with E-state index in [1.54, 1.807) is 0 Å². The number of aromatic amines is 1. The minimum absolute atomic E-state index is 0.812. The van der Waals surface area contributed by atoms with Gasteiger partial charge in [-0.2, -0.15) is 0 Å². The molecule has 0 aromatic carbocycles. The Morgan fingerprint density at radius 2 is 2.23 bits per heavy atom. The van der Waals surface area contributed by atoms with Crippen LogP contribution in [0.25, 0.3) is 0 Å². The second-order valence-electron chi connectivity index (χ2n) is 3.84. The van der Waals surface area contributed by atoms with Crippen LogP contribution in [0.2, 0.25) is 0 Å². The first-order valence-corrected chi connectivity index (χ1v) is 5.04. The van der Waals surface area contributed by atoms with Crippen molar-refractivity contribution in [3.63, 3.8) is 0 Å². The lowest BCUT2D eigenvalue weighted by atomic mass is 9.97. The lowest BCUT2D eigenvalue weighted by Crippen LogP contribution is -2.43. The third-order valence-electron chi connectivity index (χ3n) is 2.72. The van der Waals surface area contributed by atoms with Crippen molar-refractivity contribution in [3.8, 4) is 0 Å². The molecule has 0 amide bonds. The largest absolute Gasteiger partial charge is 0.346 e. The Morgan fingerprint density at radius 3 is 2.69 bits per heavy atom. The van der Waals surface area contributed by atoms with E-state index in [1.807, 2.05) is 0 Å². The molecule has 1 saturated heterocycles. The summed E-state index contributed by atoms with van der Waals surface area (Å²) < 4.78 is 0. The molecular formula is C10H17N3. The number of hydrogen-bond donors (Lipinski definition) is 2. The topological polar surface area (TPSA) is 40.7 Å². The molecule has 3 heteroatoms. The van der Waals surface area contributed by atoms with Crippen LogP contribution in [0.3, 0.4) is 0 Å². The van der Waals surface area contributed by atoms with E-state index in [9.17, 15) is 0 Å². The first-order chi connectivity index (χ1) is 6.29. The third-order valence-corrected chi connectivity index (χ3v) is 2.72. The lowest BCUT2D eigenvalue weighted by molar-refractivity contribution is 0.344. The zero-order valence-corrected chi connectivity index (χ0v) is 8.35. The van der Waals surface area contributed by atoms with Gasteiger partial charge in [-0.15, -0.1) is 0 Å². The molecule has 13 heavy (non-hydrogen) atoms. The zero-order chi connectivity index (χ0) is 9.26. The minimum Gasteiger partial charge on any atom is -0.346 e. The van der Waals surface area contributed by atoms with Gasteiger partial charge in [-0.3, -0.25) is 0 Å². The summed E-state index contributed by atoms with van der Waals surface area (Å²) >= 11 is 0. The van der Waals surface area contributed by atoms with Gasteiger partial charge in [0.15, 0.2) is 0 Å². The first kappa shape index (κ1) is 8.75. The van der Waals surface area contributed by atoms with Crippen molar-refractivity contribution in [1.29, 1.82) is 0 Å². The molecule has 1 aliphatic heterocycles. The summed E-state index contributed by atoms with van der Waals surface area (Å²) in [7, 11) is 0. The number of aromatic nitrogens is 2. The van der Waals surface area contributed by atoms with Gasteiger partial charge in [0.25, 0.3) is 0 Å². The maximum absolute atomic E-state index is 4.57. The quantitative estimate of drug-likeness (QED) is 0.728. The van der Waals surface area contributed by atoms with E-state index in [1.165, 1.54) is 11.4 Å². The average molecular weight is 179 g/mol. The third kappa shape index (κ3) is 1.75. The predicted octanol–water partition coefficient (Wildman–Crippen LogP) is 1.04. The highest BCUT2D eigenvalue weighted by molar-refractivity contribution is 5.14. The predicted molar refractivity (Wildman–Crippen MR) is 52.8 cm³/mol. The molecule has 0 saturated carbocycles. The molecule has 1 aromatic rings. The standard InChI is InChI=1S/C10H17N3/c1-3-10-12-7(2)9(13-10)4-8-5-11-6-8/h8,11H,3-6H2,1-2H3,(H,12,13). The van der Waals surface area contributed by atoms with Crippen molar-refractivity contribution in [2.45, 2.75) is 26.7 Å². The van der Waals surface area contributed by atoms with Crippen LogP contribution in [0.15, 0.2) is 0 Å². The molecule has 1 aliphatic rings. The average Bonchev–Trinajstić information content (AvgIpc) is 2.39. The monoisotopic (exact) mass is 179 g/mol. The van der Waals surface area contributed by atoms with Crippen LogP contribution in [0.4, 0.5) is 0 Å².